The van der Waals surface area contributed by atoms with Gasteiger partial charge in [0.15, 0.2) is 5.43 Å². The van der Waals surface area contributed by atoms with Gasteiger partial charge in [0.1, 0.15) is 6.54 Å². The molecular weight excluding hydrogens is 288 g/mol. The lowest BCUT2D eigenvalue weighted by Gasteiger charge is -2.19. The van der Waals surface area contributed by atoms with Gasteiger partial charge in [-0.05, 0) is 17.7 Å². The largest absolute Gasteiger partial charge is 0.340 e. The summed E-state index contributed by atoms with van der Waals surface area (Å²) in [6.07, 6.45) is 1.68. The third-order valence-corrected chi connectivity index (χ3v) is 3.88. The highest BCUT2D eigenvalue weighted by atomic mass is 16.2. The Morgan fingerprint density at radius 1 is 1.00 bits per heavy atom. The lowest BCUT2D eigenvalue weighted by molar-refractivity contribution is -0.131. The predicted molar refractivity (Wildman–Crippen MR) is 91.1 cm³/mol. The van der Waals surface area contributed by atoms with E-state index in [4.69, 9.17) is 0 Å². The van der Waals surface area contributed by atoms with E-state index >= 15 is 0 Å². The van der Waals surface area contributed by atoms with Gasteiger partial charge in [-0.25, -0.2) is 0 Å². The summed E-state index contributed by atoms with van der Waals surface area (Å²) in [7, 11) is 1.79. The van der Waals surface area contributed by atoms with E-state index < -0.39 is 0 Å². The highest BCUT2D eigenvalue weighted by Gasteiger charge is 2.11. The van der Waals surface area contributed by atoms with Crippen molar-refractivity contribution in [2.75, 3.05) is 7.05 Å². The summed E-state index contributed by atoms with van der Waals surface area (Å²) in [6.45, 7) is 0.780. The summed E-state index contributed by atoms with van der Waals surface area (Å²) in [5.74, 6) is 0.00246. The minimum absolute atomic E-state index is 0.00246. The molecule has 0 N–H and O–H groups in total. The van der Waals surface area contributed by atoms with Gasteiger partial charge in [0, 0.05) is 31.2 Å². The maximum atomic E-state index is 12.5. The molecule has 1 aromatic heterocycles. The van der Waals surface area contributed by atoms with Crippen LogP contribution < -0.4 is 5.43 Å². The van der Waals surface area contributed by atoms with Crippen LogP contribution in [0.1, 0.15) is 5.56 Å². The van der Waals surface area contributed by atoms with E-state index in [9.17, 15) is 9.59 Å². The van der Waals surface area contributed by atoms with Gasteiger partial charge < -0.3 is 9.47 Å². The summed E-state index contributed by atoms with van der Waals surface area (Å²) in [5.41, 5.74) is 1.84. The number of rotatable bonds is 4. The molecule has 0 aliphatic heterocycles. The van der Waals surface area contributed by atoms with Crippen molar-refractivity contribution in [3.05, 3.63) is 82.6 Å². The Kier molecular flexibility index (Phi) is 4.24. The molecule has 1 heterocycles. The molecule has 3 rings (SSSR count). The van der Waals surface area contributed by atoms with Crippen molar-refractivity contribution in [2.24, 2.45) is 0 Å². The van der Waals surface area contributed by atoms with Crippen LogP contribution in [0, 0.1) is 0 Å². The number of pyridine rings is 1. The van der Waals surface area contributed by atoms with Crippen LogP contribution in [0.4, 0.5) is 0 Å². The second-order valence-corrected chi connectivity index (χ2v) is 5.56. The number of aromatic nitrogens is 1. The van der Waals surface area contributed by atoms with Crippen LogP contribution in [-0.4, -0.2) is 22.4 Å². The fourth-order valence-corrected chi connectivity index (χ4v) is 2.61. The molecule has 0 aliphatic carbocycles. The van der Waals surface area contributed by atoms with E-state index in [2.05, 4.69) is 0 Å². The van der Waals surface area contributed by atoms with Crippen LogP contribution in [0.2, 0.25) is 0 Å². The van der Waals surface area contributed by atoms with Crippen molar-refractivity contribution in [3.63, 3.8) is 0 Å². The summed E-state index contributed by atoms with van der Waals surface area (Å²) < 4.78 is 1.82. The van der Waals surface area contributed by atoms with Crippen molar-refractivity contribution < 1.29 is 4.79 Å². The number of hydrogen-bond acceptors (Lipinski definition) is 2. The molecule has 0 radical (unpaired) electrons. The van der Waals surface area contributed by atoms with Gasteiger partial charge >= 0.3 is 0 Å². The molecule has 0 aliphatic rings. The number of nitrogens with zero attached hydrogens (tertiary/aromatic N) is 2. The quantitative estimate of drug-likeness (QED) is 0.743. The molecule has 23 heavy (non-hydrogen) atoms. The van der Waals surface area contributed by atoms with E-state index in [0.29, 0.717) is 11.9 Å². The van der Waals surface area contributed by atoms with Crippen LogP contribution >= 0.6 is 0 Å². The molecule has 0 spiro atoms. The standard InChI is InChI=1S/C19H18N2O2/c1-20(13-15-7-3-2-4-8-15)19(23)14-21-12-11-18(22)16-9-5-6-10-17(16)21/h2-12H,13-14H2,1H3. The van der Waals surface area contributed by atoms with Gasteiger partial charge in [-0.2, -0.15) is 0 Å². The number of para-hydroxylation sites is 1. The first-order valence-electron chi connectivity index (χ1n) is 7.51. The van der Waals surface area contributed by atoms with E-state index in [1.54, 1.807) is 24.2 Å². The van der Waals surface area contributed by atoms with Crippen molar-refractivity contribution in [1.82, 2.24) is 9.47 Å². The Labute approximate surface area is 134 Å². The average Bonchev–Trinajstić information content (AvgIpc) is 2.58. The van der Waals surface area contributed by atoms with E-state index in [0.717, 1.165) is 11.1 Å². The lowest BCUT2D eigenvalue weighted by atomic mass is 10.2. The molecular formula is C19H18N2O2. The molecule has 0 fully saturated rings. The lowest BCUT2D eigenvalue weighted by Crippen LogP contribution is -2.30. The molecule has 0 saturated carbocycles. The fourth-order valence-electron chi connectivity index (χ4n) is 2.61. The van der Waals surface area contributed by atoms with Crippen LogP contribution in [0.5, 0.6) is 0 Å². The monoisotopic (exact) mass is 306 g/mol. The number of carbonyl (C=O) groups is 1. The zero-order valence-electron chi connectivity index (χ0n) is 13.0. The number of hydrogen-bond donors (Lipinski definition) is 0. The summed E-state index contributed by atoms with van der Waals surface area (Å²) >= 11 is 0. The first-order chi connectivity index (χ1) is 11.1. The van der Waals surface area contributed by atoms with Crippen LogP contribution in [-0.2, 0) is 17.9 Å². The minimum atomic E-state index is -0.0260. The van der Waals surface area contributed by atoms with Gasteiger partial charge in [-0.15, -0.1) is 0 Å². The highest BCUT2D eigenvalue weighted by molar-refractivity contribution is 5.82. The molecule has 4 heteroatoms. The molecule has 0 atom stereocenters. The Morgan fingerprint density at radius 2 is 1.70 bits per heavy atom. The molecule has 1 amide bonds. The maximum Gasteiger partial charge on any atom is 0.242 e. The second kappa shape index (κ2) is 6.48. The minimum Gasteiger partial charge on any atom is -0.340 e. The number of likely N-dealkylation sites (N-methyl/N-ethyl adjacent to an activating group) is 1. The third-order valence-electron chi connectivity index (χ3n) is 3.88. The molecule has 116 valence electrons. The Hall–Kier alpha value is -2.88. The molecule has 3 aromatic rings. The molecule has 0 bridgehead atoms. The Balaban J connectivity index is 1.80. The number of benzene rings is 2. The zero-order chi connectivity index (χ0) is 16.2. The maximum absolute atomic E-state index is 12.5. The normalized spacial score (nSPS) is 10.7. The van der Waals surface area contributed by atoms with Crippen molar-refractivity contribution in [1.29, 1.82) is 0 Å². The van der Waals surface area contributed by atoms with Crippen molar-refractivity contribution in [3.8, 4) is 0 Å². The first kappa shape index (κ1) is 15.0. The van der Waals surface area contributed by atoms with Crippen LogP contribution in [0.15, 0.2) is 71.7 Å². The highest BCUT2D eigenvalue weighted by Crippen LogP contribution is 2.10. The number of amides is 1. The van der Waals surface area contributed by atoms with Gasteiger partial charge in [0.2, 0.25) is 5.91 Å². The van der Waals surface area contributed by atoms with Gasteiger partial charge in [-0.3, -0.25) is 9.59 Å². The van der Waals surface area contributed by atoms with Crippen molar-refractivity contribution in [2.45, 2.75) is 13.1 Å². The van der Waals surface area contributed by atoms with E-state index in [-0.39, 0.29) is 17.9 Å². The van der Waals surface area contributed by atoms with Crippen LogP contribution in [0.25, 0.3) is 10.9 Å². The molecule has 4 nitrogen and oxygen atoms in total. The zero-order valence-corrected chi connectivity index (χ0v) is 13.0. The van der Waals surface area contributed by atoms with E-state index in [1.165, 1.54) is 6.07 Å². The Bertz CT molecular complexity index is 885. The molecule has 0 unspecified atom stereocenters. The van der Waals surface area contributed by atoms with Gasteiger partial charge in [-0.1, -0.05) is 42.5 Å². The van der Waals surface area contributed by atoms with Gasteiger partial charge in [0.25, 0.3) is 0 Å². The van der Waals surface area contributed by atoms with Crippen LogP contribution in [0.3, 0.4) is 0 Å². The predicted octanol–water partition coefficient (Wildman–Crippen LogP) is 2.66. The van der Waals surface area contributed by atoms with E-state index in [1.807, 2.05) is 53.1 Å². The average molecular weight is 306 g/mol. The molecule has 0 saturated heterocycles. The summed E-state index contributed by atoms with van der Waals surface area (Å²) in [4.78, 5) is 26.1. The second-order valence-electron chi connectivity index (χ2n) is 5.56. The SMILES string of the molecule is CN(Cc1ccccc1)C(=O)Cn1ccc(=O)c2ccccc21. The summed E-state index contributed by atoms with van der Waals surface area (Å²) in [5, 5.41) is 0.633. The van der Waals surface area contributed by atoms with Gasteiger partial charge in [0.05, 0.1) is 5.52 Å². The number of fused-ring (bicyclic) bond motifs is 1. The fraction of sp³-hybridized carbons (Fsp3) is 0.158. The summed E-state index contributed by atoms with van der Waals surface area (Å²) in [6, 6.07) is 18.7. The Morgan fingerprint density at radius 3 is 2.48 bits per heavy atom. The first-order valence-corrected chi connectivity index (χ1v) is 7.51. The third kappa shape index (κ3) is 3.31. The topological polar surface area (TPSA) is 42.3 Å². The number of carbonyl (C=O) groups excluding carboxylic acids is 1. The van der Waals surface area contributed by atoms with Crippen molar-refractivity contribution >= 4 is 16.8 Å². The molecule has 2 aromatic carbocycles. The smallest absolute Gasteiger partial charge is 0.242 e.